The summed E-state index contributed by atoms with van der Waals surface area (Å²) in [6.45, 7) is 0. The van der Waals surface area contributed by atoms with Gasteiger partial charge in [0.25, 0.3) is 0 Å². The monoisotopic (exact) mass is 209 g/mol. The van der Waals surface area contributed by atoms with Gasteiger partial charge in [0.2, 0.25) is 11.8 Å². The smallest absolute Gasteiger partial charge is 0.249 e. The molecule has 1 rings (SSSR count). The fourth-order valence-corrected chi connectivity index (χ4v) is 1.86. The number of nitrogens with zero attached hydrogens (tertiary/aromatic N) is 1. The van der Waals surface area contributed by atoms with Gasteiger partial charge in [-0.1, -0.05) is 24.0 Å². The van der Waals surface area contributed by atoms with Gasteiger partial charge in [0, 0.05) is 0 Å². The van der Waals surface area contributed by atoms with Crippen LogP contribution in [0, 0.1) is 0 Å². The van der Waals surface area contributed by atoms with E-state index in [0.717, 1.165) is 4.90 Å². The highest BCUT2D eigenvalue weighted by Crippen LogP contribution is 2.19. The molecule has 1 fully saturated rings. The Balaban J connectivity index is 2.76. The molecule has 1 aliphatic heterocycles. The molecule has 0 bridgehead atoms. The minimum absolute atomic E-state index is 0.202. The summed E-state index contributed by atoms with van der Waals surface area (Å²) in [7, 11) is 0. The van der Waals surface area contributed by atoms with E-state index >= 15 is 0 Å². The quantitative estimate of drug-likeness (QED) is 0.469. The van der Waals surface area contributed by atoms with Gasteiger partial charge in [-0.3, -0.25) is 9.59 Å². The Labute approximate surface area is 78.1 Å². The third-order valence-corrected chi connectivity index (χ3v) is 2.70. The van der Waals surface area contributed by atoms with Crippen molar-refractivity contribution < 1.29 is 9.59 Å². The van der Waals surface area contributed by atoms with Gasteiger partial charge in [-0.05, 0) is 0 Å². The zero-order valence-corrected chi connectivity index (χ0v) is 7.76. The number of amides is 2. The zero-order chi connectivity index (χ0) is 8.43. The van der Waals surface area contributed by atoms with Crippen molar-refractivity contribution in [2.45, 2.75) is 0 Å². The van der Waals surface area contributed by atoms with E-state index in [9.17, 15) is 9.59 Å². The number of hydrogen-bond donors (Lipinski definition) is 0. The molecule has 0 spiro atoms. The summed E-state index contributed by atoms with van der Waals surface area (Å²) in [4.78, 5) is 22.8. The maximum atomic E-state index is 10.9. The van der Waals surface area contributed by atoms with Crippen molar-refractivity contribution in [3.05, 3.63) is 0 Å². The lowest BCUT2D eigenvalue weighted by atomic mass is 10.5. The summed E-state index contributed by atoms with van der Waals surface area (Å²) >= 11 is 11.2. The first kappa shape index (κ1) is 8.96. The van der Waals surface area contributed by atoms with Crippen molar-refractivity contribution in [1.29, 1.82) is 0 Å². The number of hydrogen-bond acceptors (Lipinski definition) is 4. The highest BCUT2D eigenvalue weighted by atomic mass is 35.5. The van der Waals surface area contributed by atoms with Gasteiger partial charge in [-0.2, -0.15) is 0 Å². The van der Waals surface area contributed by atoms with Crippen molar-refractivity contribution in [2.24, 2.45) is 0 Å². The van der Waals surface area contributed by atoms with E-state index in [0.29, 0.717) is 4.32 Å². The Kier molecular flexibility index (Phi) is 2.86. The highest BCUT2D eigenvalue weighted by Gasteiger charge is 2.31. The molecule has 0 aromatic carbocycles. The van der Waals surface area contributed by atoms with Gasteiger partial charge in [0.05, 0.1) is 5.75 Å². The molecular weight excluding hydrogens is 206 g/mol. The van der Waals surface area contributed by atoms with Gasteiger partial charge in [-0.25, -0.2) is 4.90 Å². The second kappa shape index (κ2) is 3.51. The van der Waals surface area contributed by atoms with Gasteiger partial charge in [0.15, 0.2) is 0 Å². The van der Waals surface area contributed by atoms with Gasteiger partial charge >= 0.3 is 0 Å². The van der Waals surface area contributed by atoms with E-state index in [4.69, 9.17) is 23.8 Å². The molecule has 0 aliphatic carbocycles. The lowest BCUT2D eigenvalue weighted by Gasteiger charge is -2.09. The van der Waals surface area contributed by atoms with Crippen molar-refractivity contribution >= 4 is 51.7 Å². The molecule has 1 aliphatic rings. The number of imide groups is 1. The number of thioether (sulfide) groups is 1. The Hall–Kier alpha value is -0.130. The van der Waals surface area contributed by atoms with Crippen LogP contribution < -0.4 is 0 Å². The fourth-order valence-electron chi connectivity index (χ4n) is 0.655. The first-order chi connectivity index (χ1) is 5.16. The number of carbonyl (C=O) groups is 2. The first-order valence-electron chi connectivity index (χ1n) is 2.75. The number of halogens is 1. The molecule has 0 aromatic rings. The molecule has 11 heavy (non-hydrogen) atoms. The third-order valence-electron chi connectivity index (χ3n) is 1.11. The van der Waals surface area contributed by atoms with Crippen LogP contribution in [-0.2, 0) is 9.59 Å². The van der Waals surface area contributed by atoms with Crippen molar-refractivity contribution in [2.75, 3.05) is 11.6 Å². The van der Waals surface area contributed by atoms with E-state index in [-0.39, 0.29) is 17.5 Å². The molecule has 3 nitrogen and oxygen atoms in total. The number of thiocarbonyl (C=S) groups is 1. The topological polar surface area (TPSA) is 37.4 Å². The minimum Gasteiger partial charge on any atom is -0.273 e. The standard InChI is InChI=1S/C5H4ClNO2S2/c6-1-3(8)7-4(9)2-11-5(7)10/h1-2H2. The van der Waals surface area contributed by atoms with Gasteiger partial charge in [-0.15, -0.1) is 11.6 Å². The minimum atomic E-state index is -0.438. The van der Waals surface area contributed by atoms with Gasteiger partial charge in [0.1, 0.15) is 10.2 Å². The van der Waals surface area contributed by atoms with Crippen LogP contribution in [0.5, 0.6) is 0 Å². The normalized spacial score (nSPS) is 17.7. The lowest BCUT2D eigenvalue weighted by Crippen LogP contribution is -2.35. The van der Waals surface area contributed by atoms with Crippen LogP contribution >= 0.6 is 35.6 Å². The number of carbonyl (C=O) groups excluding carboxylic acids is 2. The Morgan fingerprint density at radius 2 is 2.45 bits per heavy atom. The summed E-state index contributed by atoms with van der Waals surface area (Å²) in [5, 5.41) is 0. The van der Waals surface area contributed by atoms with Crippen LogP contribution in [0.1, 0.15) is 0 Å². The van der Waals surface area contributed by atoms with Crippen LogP contribution in [0.2, 0.25) is 0 Å². The van der Waals surface area contributed by atoms with Crippen molar-refractivity contribution in [1.82, 2.24) is 4.90 Å². The summed E-state index contributed by atoms with van der Waals surface area (Å²) in [6.07, 6.45) is 0. The number of alkyl halides is 1. The summed E-state index contributed by atoms with van der Waals surface area (Å²) in [5.74, 6) is -0.661. The lowest BCUT2D eigenvalue weighted by molar-refractivity contribution is -0.135. The molecule has 0 unspecified atom stereocenters. The Bertz CT molecular complexity index is 215. The SMILES string of the molecule is O=C(CCl)N1C(=O)CSC1=S. The predicted octanol–water partition coefficient (Wildman–Crippen LogP) is 0.612. The predicted molar refractivity (Wildman–Crippen MR) is 47.6 cm³/mol. The molecule has 0 radical (unpaired) electrons. The molecule has 2 amide bonds. The second-order valence-electron chi connectivity index (χ2n) is 1.81. The molecule has 0 N–H and O–H groups in total. The molecule has 0 saturated carbocycles. The first-order valence-corrected chi connectivity index (χ1v) is 4.68. The van der Waals surface area contributed by atoms with E-state index in [2.05, 4.69) is 0 Å². The molecule has 1 heterocycles. The second-order valence-corrected chi connectivity index (χ2v) is 3.69. The van der Waals surface area contributed by atoms with Crippen LogP contribution in [0.15, 0.2) is 0 Å². The van der Waals surface area contributed by atoms with Crippen LogP contribution in [-0.4, -0.2) is 32.7 Å². The highest BCUT2D eigenvalue weighted by molar-refractivity contribution is 8.24. The molecule has 60 valence electrons. The van der Waals surface area contributed by atoms with Crippen molar-refractivity contribution in [3.8, 4) is 0 Å². The van der Waals surface area contributed by atoms with Crippen molar-refractivity contribution in [3.63, 3.8) is 0 Å². The maximum absolute atomic E-state index is 10.9. The van der Waals surface area contributed by atoms with E-state index < -0.39 is 5.91 Å². The third kappa shape index (κ3) is 1.72. The largest absolute Gasteiger partial charge is 0.273 e. The maximum Gasteiger partial charge on any atom is 0.249 e. The Morgan fingerprint density at radius 1 is 1.82 bits per heavy atom. The van der Waals surface area contributed by atoms with Gasteiger partial charge < -0.3 is 0 Å². The average Bonchev–Trinajstić information content (AvgIpc) is 2.30. The van der Waals surface area contributed by atoms with E-state index in [1.54, 1.807) is 0 Å². The zero-order valence-electron chi connectivity index (χ0n) is 5.37. The molecule has 6 heteroatoms. The summed E-state index contributed by atoms with van der Waals surface area (Å²) in [6, 6.07) is 0. The van der Waals surface area contributed by atoms with Crippen LogP contribution in [0.4, 0.5) is 0 Å². The van der Waals surface area contributed by atoms with Crippen LogP contribution in [0.3, 0.4) is 0 Å². The molecular formula is C5H4ClNO2S2. The molecule has 0 aromatic heterocycles. The van der Waals surface area contributed by atoms with E-state index in [1.165, 1.54) is 11.8 Å². The fraction of sp³-hybridized carbons (Fsp3) is 0.400. The molecule has 1 saturated heterocycles. The average molecular weight is 210 g/mol. The summed E-state index contributed by atoms with van der Waals surface area (Å²) in [5.41, 5.74) is 0. The summed E-state index contributed by atoms with van der Waals surface area (Å²) < 4.78 is 0.306. The van der Waals surface area contributed by atoms with Crippen LogP contribution in [0.25, 0.3) is 0 Å². The number of rotatable bonds is 1. The molecule has 0 atom stereocenters. The Morgan fingerprint density at radius 3 is 2.82 bits per heavy atom. The van der Waals surface area contributed by atoms with E-state index in [1.807, 2.05) is 0 Å².